The lowest BCUT2D eigenvalue weighted by molar-refractivity contribution is 0.567. The third kappa shape index (κ3) is 5.10. The number of anilines is 1. The van der Waals surface area contributed by atoms with E-state index >= 15 is 0 Å². The number of para-hydroxylation sites is 1. The number of hydrogen-bond acceptors (Lipinski definition) is 2. The van der Waals surface area contributed by atoms with Gasteiger partial charge in [0.15, 0.2) is 0 Å². The van der Waals surface area contributed by atoms with Crippen LogP contribution in [0.25, 0.3) is 5.57 Å². The maximum Gasteiger partial charge on any atom is 0.0552 e. The lowest BCUT2D eigenvalue weighted by atomic mass is 9.77. The fourth-order valence-corrected chi connectivity index (χ4v) is 5.50. The highest BCUT2D eigenvalue weighted by Gasteiger charge is 2.29. The van der Waals surface area contributed by atoms with Gasteiger partial charge in [-0.1, -0.05) is 123 Å². The summed E-state index contributed by atoms with van der Waals surface area (Å²) in [5.41, 5.74) is 15.2. The Morgan fingerprint density at radius 2 is 1.61 bits per heavy atom. The molecule has 0 aliphatic heterocycles. The van der Waals surface area contributed by atoms with Crippen LogP contribution in [0.3, 0.4) is 0 Å². The van der Waals surface area contributed by atoms with Crippen molar-refractivity contribution in [3.05, 3.63) is 155 Å². The summed E-state index contributed by atoms with van der Waals surface area (Å²) >= 11 is 0. The van der Waals surface area contributed by atoms with Gasteiger partial charge >= 0.3 is 0 Å². The standard InChI is InChI=1S/C36H38N2/c1-26(36(3,4)29-17-8-6-9-18-29)24-34-32-22-13-12-16-28(32)25-33(34)27(2)31-21-14-15-23-35(31)37-38(5)30-19-10-7-11-20-30/h6-22,24,35,37H,2,23,25H2,1,3-5H3/b26-24+. The zero-order valence-electron chi connectivity index (χ0n) is 23.0. The molecule has 38 heavy (non-hydrogen) atoms. The van der Waals surface area contributed by atoms with Crippen LogP contribution < -0.4 is 10.4 Å². The van der Waals surface area contributed by atoms with Crippen LogP contribution in [0.15, 0.2) is 138 Å². The maximum atomic E-state index is 4.70. The third-order valence-electron chi connectivity index (χ3n) is 8.21. The number of fused-ring (bicyclic) bond motifs is 1. The highest BCUT2D eigenvalue weighted by Crippen LogP contribution is 2.42. The largest absolute Gasteiger partial charge is 0.311 e. The van der Waals surface area contributed by atoms with Crippen LogP contribution in [0.4, 0.5) is 5.69 Å². The van der Waals surface area contributed by atoms with Crippen molar-refractivity contribution in [2.45, 2.75) is 45.1 Å². The monoisotopic (exact) mass is 498 g/mol. The Hall–Kier alpha value is -3.88. The van der Waals surface area contributed by atoms with Crippen molar-refractivity contribution >= 4 is 11.3 Å². The quantitative estimate of drug-likeness (QED) is 0.314. The van der Waals surface area contributed by atoms with Crippen molar-refractivity contribution in [2.75, 3.05) is 12.1 Å². The van der Waals surface area contributed by atoms with Crippen LogP contribution >= 0.6 is 0 Å². The predicted molar refractivity (Wildman–Crippen MR) is 163 cm³/mol. The Kier molecular flexibility index (Phi) is 7.35. The van der Waals surface area contributed by atoms with Crippen LogP contribution in [-0.2, 0) is 11.8 Å². The first-order chi connectivity index (χ1) is 18.4. The van der Waals surface area contributed by atoms with Gasteiger partial charge < -0.3 is 5.01 Å². The van der Waals surface area contributed by atoms with Crippen LogP contribution in [-0.4, -0.2) is 13.1 Å². The lowest BCUT2D eigenvalue weighted by Gasteiger charge is -2.31. The molecule has 3 aromatic carbocycles. The molecule has 1 N–H and O–H groups in total. The van der Waals surface area contributed by atoms with Crippen molar-refractivity contribution in [2.24, 2.45) is 0 Å². The van der Waals surface area contributed by atoms with Crippen LogP contribution in [0.5, 0.6) is 0 Å². The van der Waals surface area contributed by atoms with Crippen molar-refractivity contribution in [1.29, 1.82) is 0 Å². The second-order valence-electron chi connectivity index (χ2n) is 10.9. The summed E-state index contributed by atoms with van der Waals surface area (Å²) in [6.45, 7) is 11.6. The minimum absolute atomic E-state index is 0.0758. The Balaban J connectivity index is 1.51. The summed E-state index contributed by atoms with van der Waals surface area (Å²) in [6.07, 6.45) is 10.9. The Morgan fingerprint density at radius 3 is 2.34 bits per heavy atom. The molecular weight excluding hydrogens is 460 g/mol. The van der Waals surface area contributed by atoms with E-state index in [-0.39, 0.29) is 11.5 Å². The maximum absolute atomic E-state index is 4.70. The summed E-state index contributed by atoms with van der Waals surface area (Å²) in [5.74, 6) is 0. The van der Waals surface area contributed by atoms with E-state index in [4.69, 9.17) is 6.58 Å². The van der Waals surface area contributed by atoms with Gasteiger partial charge in [-0.15, -0.1) is 0 Å². The molecular formula is C36H38N2. The first-order valence-electron chi connectivity index (χ1n) is 13.5. The van der Waals surface area contributed by atoms with Crippen LogP contribution in [0.2, 0.25) is 0 Å². The van der Waals surface area contributed by atoms with E-state index in [1.165, 1.54) is 39.0 Å². The molecule has 0 radical (unpaired) electrons. The fourth-order valence-electron chi connectivity index (χ4n) is 5.50. The van der Waals surface area contributed by atoms with Crippen LogP contribution in [0, 0.1) is 0 Å². The first-order valence-corrected chi connectivity index (χ1v) is 13.5. The highest BCUT2D eigenvalue weighted by molar-refractivity contribution is 5.87. The predicted octanol–water partition coefficient (Wildman–Crippen LogP) is 8.37. The molecule has 0 saturated heterocycles. The van der Waals surface area contributed by atoms with Gasteiger partial charge in [0.2, 0.25) is 0 Å². The van der Waals surface area contributed by atoms with Gasteiger partial charge in [-0.3, -0.25) is 0 Å². The number of hydrogen-bond donors (Lipinski definition) is 1. The van der Waals surface area contributed by atoms with Gasteiger partial charge in [-0.2, -0.15) is 0 Å². The summed E-state index contributed by atoms with van der Waals surface area (Å²) < 4.78 is 0. The molecule has 1 unspecified atom stereocenters. The summed E-state index contributed by atoms with van der Waals surface area (Å²) in [6, 6.07) is 30.2. The number of benzene rings is 3. The molecule has 1 atom stereocenters. The SMILES string of the molecule is C=C(C1=CC=CCC1NN(C)c1ccccc1)C1=C(/C=C(\C)C(C)(C)c2ccccc2)c2ccccc2C1. The van der Waals surface area contributed by atoms with E-state index in [2.05, 4.69) is 141 Å². The molecule has 0 saturated carbocycles. The van der Waals surface area contributed by atoms with Gasteiger partial charge in [0.25, 0.3) is 0 Å². The molecule has 3 aromatic rings. The Bertz CT molecular complexity index is 1430. The van der Waals surface area contributed by atoms with Crippen molar-refractivity contribution in [3.8, 4) is 0 Å². The van der Waals surface area contributed by atoms with Gasteiger partial charge in [-0.05, 0) is 70.9 Å². The normalized spacial score (nSPS) is 17.3. The molecule has 2 nitrogen and oxygen atoms in total. The second-order valence-corrected chi connectivity index (χ2v) is 10.9. The van der Waals surface area contributed by atoms with Crippen molar-refractivity contribution in [1.82, 2.24) is 5.43 Å². The molecule has 0 amide bonds. The first kappa shape index (κ1) is 25.8. The van der Waals surface area contributed by atoms with Gasteiger partial charge in [0.05, 0.1) is 11.7 Å². The molecule has 2 heteroatoms. The van der Waals surface area contributed by atoms with Crippen molar-refractivity contribution < 1.29 is 0 Å². The van der Waals surface area contributed by atoms with Crippen molar-refractivity contribution in [3.63, 3.8) is 0 Å². The number of hydrazine groups is 1. The van der Waals surface area contributed by atoms with Gasteiger partial charge in [0, 0.05) is 12.5 Å². The minimum atomic E-state index is -0.0758. The molecule has 0 spiro atoms. The second kappa shape index (κ2) is 10.8. The smallest absolute Gasteiger partial charge is 0.0552 e. The topological polar surface area (TPSA) is 15.3 Å². The van der Waals surface area contributed by atoms with E-state index in [0.717, 1.165) is 24.1 Å². The van der Waals surface area contributed by atoms with Gasteiger partial charge in [0.1, 0.15) is 0 Å². The number of rotatable bonds is 8. The molecule has 0 aromatic heterocycles. The zero-order valence-corrected chi connectivity index (χ0v) is 23.0. The van der Waals surface area contributed by atoms with E-state index in [9.17, 15) is 0 Å². The minimum Gasteiger partial charge on any atom is -0.311 e. The van der Waals surface area contributed by atoms with E-state index in [1.54, 1.807) is 0 Å². The van der Waals surface area contributed by atoms with E-state index in [0.29, 0.717) is 0 Å². The molecule has 0 fully saturated rings. The third-order valence-corrected chi connectivity index (χ3v) is 8.21. The fraction of sp³-hybridized carbons (Fsp3) is 0.222. The molecule has 2 aliphatic carbocycles. The zero-order chi connectivity index (χ0) is 26.7. The number of nitrogens with zero attached hydrogens (tertiary/aromatic N) is 1. The molecule has 5 rings (SSSR count). The van der Waals surface area contributed by atoms with E-state index in [1.807, 2.05) is 6.07 Å². The van der Waals surface area contributed by atoms with Gasteiger partial charge in [-0.25, -0.2) is 5.43 Å². The summed E-state index contributed by atoms with van der Waals surface area (Å²) in [4.78, 5) is 0. The average molecular weight is 499 g/mol. The molecule has 2 aliphatic rings. The summed E-state index contributed by atoms with van der Waals surface area (Å²) in [5, 5.41) is 2.12. The van der Waals surface area contributed by atoms with E-state index < -0.39 is 0 Å². The van der Waals surface area contributed by atoms with Crippen LogP contribution in [0.1, 0.15) is 43.9 Å². The number of allylic oxidation sites excluding steroid dienone is 6. The number of nitrogens with one attached hydrogen (secondary N) is 1. The molecule has 0 heterocycles. The molecule has 0 bridgehead atoms. The Labute approximate surface area is 228 Å². The highest BCUT2D eigenvalue weighted by atomic mass is 15.5. The summed E-state index contributed by atoms with van der Waals surface area (Å²) in [7, 11) is 2.09. The molecule has 192 valence electrons. The Morgan fingerprint density at radius 1 is 0.947 bits per heavy atom. The lowest BCUT2D eigenvalue weighted by Crippen LogP contribution is -2.44. The average Bonchev–Trinajstić information content (AvgIpc) is 3.32.